The molecule has 5 nitrogen and oxygen atoms in total. The van der Waals surface area contributed by atoms with Gasteiger partial charge in [0.05, 0.1) is 33.0 Å². The maximum absolute atomic E-state index is 6.39. The lowest BCUT2D eigenvalue weighted by Gasteiger charge is -2.42. The van der Waals surface area contributed by atoms with E-state index in [1.54, 1.807) is 11.3 Å². The number of para-hydroxylation sites is 4. The topological polar surface area (TPSA) is 45.4 Å². The lowest BCUT2D eigenvalue weighted by Crippen LogP contribution is -2.30. The van der Waals surface area contributed by atoms with Crippen LogP contribution in [0.3, 0.4) is 0 Å². The van der Waals surface area contributed by atoms with Crippen LogP contribution >= 0.6 is 11.3 Å². The largest absolute Gasteiger partial charge is 0.436 e. The summed E-state index contributed by atoms with van der Waals surface area (Å²) >= 11 is 1.68. The van der Waals surface area contributed by atoms with E-state index in [0.29, 0.717) is 5.89 Å². The molecule has 270 valence electrons. The first-order valence-electron chi connectivity index (χ1n) is 19.2. The number of oxazole rings is 1. The van der Waals surface area contributed by atoms with E-state index in [-0.39, 0.29) is 10.8 Å². The number of hydrogen-bond acceptors (Lipinski definition) is 6. The molecule has 2 aliphatic heterocycles. The van der Waals surface area contributed by atoms with Crippen molar-refractivity contribution in [1.29, 1.82) is 0 Å². The van der Waals surface area contributed by atoms with Crippen molar-refractivity contribution in [2.24, 2.45) is 0 Å². The van der Waals surface area contributed by atoms with Gasteiger partial charge in [-0.1, -0.05) is 100 Å². The van der Waals surface area contributed by atoms with Gasteiger partial charge in [0.25, 0.3) is 0 Å². The molecule has 0 radical (unpaired) electrons. The molecule has 0 bridgehead atoms. The zero-order chi connectivity index (χ0) is 37.8. The number of thiazole rings is 1. The summed E-state index contributed by atoms with van der Waals surface area (Å²) in [5.41, 5.74) is 16.7. The number of fused-ring (bicyclic) bond motifs is 6. The number of nitrogens with zero attached hydrogens (tertiary/aromatic N) is 4. The van der Waals surface area contributed by atoms with Gasteiger partial charge in [-0.05, 0) is 101 Å². The van der Waals surface area contributed by atoms with Gasteiger partial charge in [0.15, 0.2) is 5.58 Å². The van der Waals surface area contributed by atoms with Gasteiger partial charge in [-0.2, -0.15) is 0 Å². The van der Waals surface area contributed by atoms with Gasteiger partial charge in [0.1, 0.15) is 10.5 Å². The second-order valence-electron chi connectivity index (χ2n) is 15.9. The van der Waals surface area contributed by atoms with Gasteiger partial charge >= 0.3 is 0 Å². The second kappa shape index (κ2) is 12.0. The van der Waals surface area contributed by atoms with E-state index in [0.717, 1.165) is 48.8 Å². The Hall–Kier alpha value is -6.50. The fourth-order valence-electron chi connectivity index (χ4n) is 9.00. The Morgan fingerprint density at radius 3 is 1.36 bits per heavy atom. The van der Waals surface area contributed by atoms with Crippen LogP contribution in [0, 0.1) is 0 Å². The molecule has 11 rings (SSSR count). The van der Waals surface area contributed by atoms with Crippen LogP contribution in [0.2, 0.25) is 0 Å². The van der Waals surface area contributed by atoms with Gasteiger partial charge in [-0.15, -0.1) is 11.3 Å². The zero-order valence-electron chi connectivity index (χ0n) is 31.6. The van der Waals surface area contributed by atoms with E-state index in [2.05, 4.69) is 189 Å². The fraction of sp³-hybridized carbons (Fsp3) is 0.120. The van der Waals surface area contributed by atoms with E-state index < -0.39 is 0 Å². The molecule has 56 heavy (non-hydrogen) atoms. The minimum absolute atomic E-state index is 0.0875. The third-order valence-corrected chi connectivity index (χ3v) is 13.0. The van der Waals surface area contributed by atoms with Gasteiger partial charge in [0, 0.05) is 39.4 Å². The van der Waals surface area contributed by atoms with Crippen molar-refractivity contribution in [1.82, 2.24) is 9.97 Å². The van der Waals surface area contributed by atoms with Gasteiger partial charge < -0.3 is 14.2 Å². The Morgan fingerprint density at radius 2 is 0.893 bits per heavy atom. The molecule has 7 aromatic carbocycles. The first-order chi connectivity index (χ1) is 27.3. The fourth-order valence-corrected chi connectivity index (χ4v) is 9.98. The van der Waals surface area contributed by atoms with Crippen molar-refractivity contribution in [3.63, 3.8) is 0 Å². The predicted octanol–water partition coefficient (Wildman–Crippen LogP) is 14.0. The van der Waals surface area contributed by atoms with E-state index in [1.807, 2.05) is 6.07 Å². The van der Waals surface area contributed by atoms with Crippen molar-refractivity contribution in [2.75, 3.05) is 9.80 Å². The third-order valence-electron chi connectivity index (χ3n) is 11.9. The highest BCUT2D eigenvalue weighted by molar-refractivity contribution is 7.21. The Bertz CT molecular complexity index is 2640. The minimum Gasteiger partial charge on any atom is -0.436 e. The number of hydrogen-bond donors (Lipinski definition) is 0. The highest BCUT2D eigenvalue weighted by Gasteiger charge is 2.37. The third kappa shape index (κ3) is 4.85. The summed E-state index contributed by atoms with van der Waals surface area (Å²) in [6, 6.07) is 56.4. The molecule has 0 atom stereocenters. The number of benzene rings is 7. The summed E-state index contributed by atoms with van der Waals surface area (Å²) in [5, 5.41) is 0.972. The Labute approximate surface area is 330 Å². The average Bonchev–Trinajstić information content (AvgIpc) is 3.84. The molecule has 6 heteroatoms. The van der Waals surface area contributed by atoms with Crippen LogP contribution in [0.1, 0.15) is 49.9 Å². The average molecular weight is 743 g/mol. The van der Waals surface area contributed by atoms with E-state index in [9.17, 15) is 0 Å². The summed E-state index contributed by atoms with van der Waals surface area (Å²) in [7, 11) is 0. The second-order valence-corrected chi connectivity index (χ2v) is 16.9. The Balaban J connectivity index is 0.889. The van der Waals surface area contributed by atoms with Gasteiger partial charge in [-0.3, -0.25) is 0 Å². The number of anilines is 6. The number of rotatable bonds is 4. The maximum Gasteiger partial charge on any atom is 0.227 e. The molecule has 0 N–H and O–H groups in total. The summed E-state index contributed by atoms with van der Waals surface area (Å²) in [6.07, 6.45) is 0. The van der Waals surface area contributed by atoms with Gasteiger partial charge in [0.2, 0.25) is 5.89 Å². The monoisotopic (exact) mass is 742 g/mol. The molecule has 4 heterocycles. The summed E-state index contributed by atoms with van der Waals surface area (Å²) in [5.74, 6) is 0.602. The molecule has 0 spiro atoms. The van der Waals surface area contributed by atoms with Crippen LogP contribution in [0.5, 0.6) is 0 Å². The van der Waals surface area contributed by atoms with E-state index in [4.69, 9.17) is 14.4 Å². The van der Waals surface area contributed by atoms with Crippen molar-refractivity contribution in [3.8, 4) is 22.0 Å². The van der Waals surface area contributed by atoms with Crippen LogP contribution in [0.15, 0.2) is 162 Å². The smallest absolute Gasteiger partial charge is 0.227 e. The minimum atomic E-state index is -0.0956. The van der Waals surface area contributed by atoms with Crippen molar-refractivity contribution in [3.05, 3.63) is 180 Å². The van der Waals surface area contributed by atoms with Crippen LogP contribution in [-0.4, -0.2) is 9.97 Å². The van der Waals surface area contributed by atoms with Crippen LogP contribution in [0.4, 0.5) is 34.1 Å². The predicted molar refractivity (Wildman–Crippen MR) is 232 cm³/mol. The number of aromatic nitrogens is 2. The highest BCUT2D eigenvalue weighted by atomic mass is 32.1. The quantitative estimate of drug-likeness (QED) is 0.180. The Morgan fingerprint density at radius 1 is 0.464 bits per heavy atom. The molecule has 9 aromatic rings. The molecule has 0 saturated carbocycles. The molecule has 0 saturated heterocycles. The molecule has 0 fully saturated rings. The molecular weight excluding hydrogens is 705 g/mol. The summed E-state index contributed by atoms with van der Waals surface area (Å²) < 4.78 is 7.47. The van der Waals surface area contributed by atoms with Crippen molar-refractivity contribution >= 4 is 66.8 Å². The lowest BCUT2D eigenvalue weighted by molar-refractivity contribution is 0.620. The normalized spacial score (nSPS) is 15.0. The van der Waals surface area contributed by atoms with Crippen molar-refractivity contribution < 1.29 is 4.42 Å². The van der Waals surface area contributed by atoms with E-state index >= 15 is 0 Å². The zero-order valence-corrected chi connectivity index (χ0v) is 32.4. The first-order valence-corrected chi connectivity index (χ1v) is 20.0. The molecule has 0 aliphatic carbocycles. The van der Waals surface area contributed by atoms with E-state index in [1.165, 1.54) is 45.0 Å². The maximum atomic E-state index is 6.39. The molecule has 2 aliphatic rings. The molecule has 2 aromatic heterocycles. The molecular formula is C50H38N4OS. The van der Waals surface area contributed by atoms with Crippen LogP contribution < -0.4 is 9.80 Å². The highest BCUT2D eigenvalue weighted by Crippen LogP contribution is 2.53. The van der Waals surface area contributed by atoms with Crippen LogP contribution in [-0.2, 0) is 10.8 Å². The summed E-state index contributed by atoms with van der Waals surface area (Å²) in [4.78, 5) is 14.8. The van der Waals surface area contributed by atoms with Crippen LogP contribution in [0.25, 0.3) is 43.3 Å². The molecule has 0 amide bonds. The lowest BCUT2D eigenvalue weighted by atomic mass is 9.73. The Kier molecular flexibility index (Phi) is 7.05. The van der Waals surface area contributed by atoms with Gasteiger partial charge in [-0.25, -0.2) is 9.97 Å². The SMILES string of the molecule is CC1(C)c2ccccc2N(c2ccc(-c3nc4cc5sc(-c6ccc(N7c8ccccc8C(C)(C)c8ccccc87)cc6)nc5cc4o3)cc2)c2ccccc21. The standard InChI is InChI=1S/C50H38N4OS/c1-49(2)35-13-5-9-17-41(35)53(42-18-10-6-14-36(42)49)33-25-21-31(22-26-33)47-51-39-30-46-40(29-45(39)55-47)52-48(56-46)32-23-27-34(28-24-32)54-43-19-11-7-15-37(43)50(3,4)38-16-8-12-20-44(38)54/h5-30H,1-4H3. The molecule has 0 unspecified atom stereocenters. The van der Waals surface area contributed by atoms with Crippen molar-refractivity contribution in [2.45, 2.75) is 38.5 Å². The summed E-state index contributed by atoms with van der Waals surface area (Å²) in [6.45, 7) is 9.26. The first kappa shape index (κ1) is 32.9.